The van der Waals surface area contributed by atoms with Gasteiger partial charge in [0, 0.05) is 29.0 Å². The van der Waals surface area contributed by atoms with E-state index in [1.807, 2.05) is 24.5 Å². The van der Waals surface area contributed by atoms with Crippen LogP contribution in [-0.4, -0.2) is 38.8 Å². The number of fused-ring (bicyclic) bond motifs is 1. The van der Waals surface area contributed by atoms with Crippen molar-refractivity contribution < 1.29 is 32.5 Å². The van der Waals surface area contributed by atoms with E-state index in [9.17, 15) is 14.3 Å². The van der Waals surface area contributed by atoms with Crippen LogP contribution in [0.1, 0.15) is 52.8 Å². The topological polar surface area (TPSA) is 110 Å². The number of benzene rings is 3. The number of hydrogen-bond acceptors (Lipinski definition) is 6. The van der Waals surface area contributed by atoms with Gasteiger partial charge in [-0.2, -0.15) is 5.26 Å². The van der Waals surface area contributed by atoms with Crippen molar-refractivity contribution in [3.63, 3.8) is 0 Å². The van der Waals surface area contributed by atoms with Crippen molar-refractivity contribution in [2.75, 3.05) is 13.2 Å². The quantitative estimate of drug-likeness (QED) is 0.204. The van der Waals surface area contributed by atoms with E-state index in [4.69, 9.17) is 19.7 Å². The molecule has 11 heteroatoms. The molecule has 1 aliphatic rings. The molecule has 0 aliphatic carbocycles. The standard InChI is InChI=1S/C34H27F3N4O4/c1-34(2)18-44-17-30(34)41-29-12-20(33(42)43)8-9-28(29)39-31(41)13-22-11-26(37)23(14-25(22)36)27-4-3-5-32(40-27)45-16-21-7-6-19(15-38)10-24(21)35/h3-12,14,30H,13,16-18H2,1-2H3,(H,42,43)/t30-/m0/s1. The lowest BCUT2D eigenvalue weighted by atomic mass is 9.87. The summed E-state index contributed by atoms with van der Waals surface area (Å²) in [6.45, 7) is 4.72. The predicted octanol–water partition coefficient (Wildman–Crippen LogP) is 6.85. The maximum absolute atomic E-state index is 15.6. The first-order valence-corrected chi connectivity index (χ1v) is 14.1. The molecular formula is C34H27F3N4O4. The van der Waals surface area contributed by atoms with E-state index < -0.39 is 23.4 Å². The van der Waals surface area contributed by atoms with E-state index in [1.165, 1.54) is 30.3 Å². The summed E-state index contributed by atoms with van der Waals surface area (Å²) in [5.74, 6) is -2.54. The van der Waals surface area contributed by atoms with Crippen LogP contribution in [0.25, 0.3) is 22.3 Å². The molecule has 1 aliphatic heterocycles. The number of carboxylic acids is 1. The zero-order chi connectivity index (χ0) is 31.9. The van der Waals surface area contributed by atoms with Crippen LogP contribution in [0.4, 0.5) is 13.2 Å². The summed E-state index contributed by atoms with van der Waals surface area (Å²) >= 11 is 0. The molecule has 0 amide bonds. The molecule has 45 heavy (non-hydrogen) atoms. The molecule has 1 N–H and O–H groups in total. The number of imidazole rings is 1. The van der Waals surface area contributed by atoms with Gasteiger partial charge >= 0.3 is 5.97 Å². The second-order valence-electron chi connectivity index (χ2n) is 11.6. The van der Waals surface area contributed by atoms with E-state index in [-0.39, 0.29) is 63.9 Å². The van der Waals surface area contributed by atoms with Crippen LogP contribution < -0.4 is 4.74 Å². The van der Waals surface area contributed by atoms with Gasteiger partial charge in [0.25, 0.3) is 0 Å². The fraction of sp³-hybridized carbons (Fsp3) is 0.235. The summed E-state index contributed by atoms with van der Waals surface area (Å²) in [5.41, 5.74) is 1.37. The van der Waals surface area contributed by atoms with Gasteiger partial charge in [0.05, 0.1) is 53.2 Å². The first kappa shape index (κ1) is 29.8. The van der Waals surface area contributed by atoms with Gasteiger partial charge in [-0.25, -0.2) is 27.9 Å². The Hall–Kier alpha value is -5.21. The zero-order valence-corrected chi connectivity index (χ0v) is 24.4. The van der Waals surface area contributed by atoms with Crippen molar-refractivity contribution >= 4 is 17.0 Å². The Morgan fingerprint density at radius 1 is 1.04 bits per heavy atom. The first-order valence-electron chi connectivity index (χ1n) is 14.1. The summed E-state index contributed by atoms with van der Waals surface area (Å²) in [6.07, 6.45) is -0.0561. The fourth-order valence-electron chi connectivity index (χ4n) is 5.55. The number of halogens is 3. The molecule has 0 bridgehead atoms. The molecule has 3 aromatic carbocycles. The van der Waals surface area contributed by atoms with Gasteiger partial charge in [0.2, 0.25) is 5.88 Å². The second kappa shape index (κ2) is 11.7. The van der Waals surface area contributed by atoms with Gasteiger partial charge in [0.1, 0.15) is 29.9 Å². The summed E-state index contributed by atoms with van der Waals surface area (Å²) in [5, 5.41) is 18.5. The molecule has 3 heterocycles. The van der Waals surface area contributed by atoms with Crippen LogP contribution in [0, 0.1) is 34.2 Å². The Labute approximate surface area is 256 Å². The molecule has 1 fully saturated rings. The van der Waals surface area contributed by atoms with Gasteiger partial charge in [-0.3, -0.25) is 0 Å². The van der Waals surface area contributed by atoms with Crippen LogP contribution >= 0.6 is 0 Å². The molecule has 6 rings (SSSR count). The molecule has 5 aromatic rings. The Bertz CT molecular complexity index is 2000. The van der Waals surface area contributed by atoms with E-state index >= 15 is 8.78 Å². The fourth-order valence-corrected chi connectivity index (χ4v) is 5.55. The summed E-state index contributed by atoms with van der Waals surface area (Å²) < 4.78 is 58.7. The third-order valence-corrected chi connectivity index (χ3v) is 8.01. The lowest BCUT2D eigenvalue weighted by Gasteiger charge is -2.28. The number of nitrogens with zero attached hydrogens (tertiary/aromatic N) is 4. The molecule has 1 atom stereocenters. The Morgan fingerprint density at radius 3 is 2.56 bits per heavy atom. The molecule has 1 saturated heterocycles. The average molecular weight is 613 g/mol. The summed E-state index contributed by atoms with van der Waals surface area (Å²) in [7, 11) is 0. The zero-order valence-electron chi connectivity index (χ0n) is 24.4. The third-order valence-electron chi connectivity index (χ3n) is 8.01. The number of aromatic carboxylic acids is 1. The van der Waals surface area contributed by atoms with Crippen molar-refractivity contribution in [2.24, 2.45) is 5.41 Å². The monoisotopic (exact) mass is 612 g/mol. The maximum Gasteiger partial charge on any atom is 0.335 e. The van der Waals surface area contributed by atoms with E-state index in [1.54, 1.807) is 18.2 Å². The highest BCUT2D eigenvalue weighted by atomic mass is 19.1. The van der Waals surface area contributed by atoms with Crippen molar-refractivity contribution in [1.82, 2.24) is 14.5 Å². The largest absolute Gasteiger partial charge is 0.478 e. The minimum Gasteiger partial charge on any atom is -0.478 e. The first-order chi connectivity index (χ1) is 21.5. The van der Waals surface area contributed by atoms with Gasteiger partial charge < -0.3 is 19.1 Å². The minimum absolute atomic E-state index is 0.0561. The third kappa shape index (κ3) is 5.84. The molecule has 0 saturated carbocycles. The highest BCUT2D eigenvalue weighted by Gasteiger charge is 2.39. The molecule has 0 spiro atoms. The molecule has 8 nitrogen and oxygen atoms in total. The molecule has 0 unspecified atom stereocenters. The average Bonchev–Trinajstić information content (AvgIpc) is 3.55. The molecular weight excluding hydrogens is 585 g/mol. The van der Waals surface area contributed by atoms with E-state index in [0.29, 0.717) is 30.1 Å². The number of nitriles is 1. The number of ether oxygens (including phenoxy) is 2. The number of pyridine rings is 1. The van der Waals surface area contributed by atoms with Gasteiger partial charge in [-0.05, 0) is 54.1 Å². The van der Waals surface area contributed by atoms with Gasteiger partial charge in [-0.15, -0.1) is 0 Å². The molecule has 228 valence electrons. The van der Waals surface area contributed by atoms with Crippen LogP contribution in [-0.2, 0) is 17.8 Å². The smallest absolute Gasteiger partial charge is 0.335 e. The Kier molecular flexibility index (Phi) is 7.76. The van der Waals surface area contributed by atoms with Crippen molar-refractivity contribution in [3.8, 4) is 23.2 Å². The summed E-state index contributed by atoms with van der Waals surface area (Å²) in [6, 6.07) is 17.0. The van der Waals surface area contributed by atoms with Crippen molar-refractivity contribution in [1.29, 1.82) is 5.26 Å². The normalized spacial score (nSPS) is 15.7. The van der Waals surface area contributed by atoms with Crippen LogP contribution in [0.5, 0.6) is 5.88 Å². The number of rotatable bonds is 8. The predicted molar refractivity (Wildman–Crippen MR) is 158 cm³/mol. The maximum atomic E-state index is 15.6. The molecule has 0 radical (unpaired) electrons. The SMILES string of the molecule is CC1(C)COC[C@@H]1n1c(Cc2cc(F)c(-c3cccc(OCc4ccc(C#N)cc4F)n3)cc2F)nc2ccc(C(=O)O)cc21. The second-order valence-corrected chi connectivity index (χ2v) is 11.6. The van der Waals surface area contributed by atoms with E-state index in [0.717, 1.165) is 18.2 Å². The minimum atomic E-state index is -1.08. The number of carboxylic acid groups (broad SMARTS) is 1. The van der Waals surface area contributed by atoms with E-state index in [2.05, 4.69) is 4.98 Å². The number of aromatic nitrogens is 3. The number of hydrogen-bond donors (Lipinski definition) is 1. The lowest BCUT2D eigenvalue weighted by Crippen LogP contribution is -2.27. The molecule has 2 aromatic heterocycles. The van der Waals surface area contributed by atoms with Gasteiger partial charge in [0.15, 0.2) is 0 Å². The Balaban J connectivity index is 1.30. The highest BCUT2D eigenvalue weighted by molar-refractivity contribution is 5.92. The Morgan fingerprint density at radius 2 is 1.84 bits per heavy atom. The van der Waals surface area contributed by atoms with Gasteiger partial charge in [-0.1, -0.05) is 26.0 Å². The van der Waals surface area contributed by atoms with Crippen LogP contribution in [0.15, 0.2) is 66.7 Å². The number of carbonyl (C=O) groups is 1. The highest BCUT2D eigenvalue weighted by Crippen LogP contribution is 2.40. The van der Waals surface area contributed by atoms with Crippen molar-refractivity contribution in [2.45, 2.75) is 32.9 Å². The van der Waals surface area contributed by atoms with Crippen LogP contribution in [0.2, 0.25) is 0 Å². The van der Waals surface area contributed by atoms with Crippen molar-refractivity contribution in [3.05, 3.63) is 112 Å². The summed E-state index contributed by atoms with van der Waals surface area (Å²) in [4.78, 5) is 20.7. The lowest BCUT2D eigenvalue weighted by molar-refractivity contribution is 0.0697. The van der Waals surface area contributed by atoms with Crippen LogP contribution in [0.3, 0.4) is 0 Å².